The molecule has 4 rings (SSSR count). The number of amides is 3. The smallest absolute Gasteiger partial charge is 0.326 e. The monoisotopic (exact) mass is 497 g/mol. The maximum atomic E-state index is 13.5. The first kappa shape index (κ1) is 24.1. The molecule has 1 aromatic carbocycles. The summed E-state index contributed by atoms with van der Waals surface area (Å²) in [4.78, 5) is 35.9. The summed E-state index contributed by atoms with van der Waals surface area (Å²) >= 11 is 5.63. The Labute approximate surface area is 199 Å². The van der Waals surface area contributed by atoms with Crippen LogP contribution in [-0.4, -0.2) is 58.6 Å². The Balaban J connectivity index is 1.23. The van der Waals surface area contributed by atoms with Gasteiger partial charge >= 0.3 is 6.03 Å². The van der Waals surface area contributed by atoms with E-state index in [4.69, 9.17) is 16.3 Å². The van der Waals surface area contributed by atoms with Gasteiger partial charge in [-0.25, -0.2) is 27.9 Å². The van der Waals surface area contributed by atoms with Crippen molar-refractivity contribution in [1.82, 2.24) is 20.2 Å². The minimum Gasteiger partial charge on any atom is -0.484 e. The third kappa shape index (κ3) is 5.52. The fourth-order valence-electron chi connectivity index (χ4n) is 4.21. The van der Waals surface area contributed by atoms with E-state index < -0.39 is 17.9 Å². The lowest BCUT2D eigenvalue weighted by Crippen LogP contribution is -2.46. The molecule has 0 atom stereocenters. The Morgan fingerprint density at radius 2 is 1.94 bits per heavy atom. The minimum absolute atomic E-state index is 0.0206. The molecule has 1 aliphatic heterocycles. The summed E-state index contributed by atoms with van der Waals surface area (Å²) < 4.78 is 44.1. The normalized spacial score (nSPS) is 20.7. The third-order valence-electron chi connectivity index (χ3n) is 5.96. The molecule has 3 amide bonds. The maximum Gasteiger partial charge on any atom is 0.326 e. The molecule has 0 spiro atoms. The zero-order chi connectivity index (χ0) is 24.2. The predicted molar refractivity (Wildman–Crippen MR) is 118 cm³/mol. The van der Waals surface area contributed by atoms with Gasteiger partial charge in [0.05, 0.1) is 17.4 Å². The van der Waals surface area contributed by atoms with E-state index >= 15 is 0 Å². The molecule has 1 saturated carbocycles. The molecule has 0 unspecified atom stereocenters. The number of nitrogens with zero attached hydrogens (tertiary/aromatic N) is 4. The fraction of sp³-hybridized carbons (Fsp3) is 0.455. The molecule has 0 bridgehead atoms. The van der Waals surface area contributed by atoms with Gasteiger partial charge in [-0.3, -0.25) is 9.69 Å². The lowest BCUT2D eigenvalue weighted by molar-refractivity contribution is -0.124. The molecule has 2 heterocycles. The maximum absolute atomic E-state index is 13.5. The quantitative estimate of drug-likeness (QED) is 0.625. The molecule has 1 aromatic heterocycles. The minimum atomic E-state index is -2.71. The number of hydrogen-bond donors (Lipinski definition) is 1. The first-order valence-electron chi connectivity index (χ1n) is 10.9. The summed E-state index contributed by atoms with van der Waals surface area (Å²) in [5.74, 6) is -0.469. The Morgan fingerprint density at radius 1 is 1.18 bits per heavy atom. The molecule has 2 aromatic rings. The molecule has 1 saturated heterocycles. The zero-order valence-corrected chi connectivity index (χ0v) is 18.8. The highest BCUT2D eigenvalue weighted by Crippen LogP contribution is 2.28. The van der Waals surface area contributed by atoms with Crippen LogP contribution < -0.4 is 15.0 Å². The molecular weight excluding hydrogens is 475 g/mol. The molecule has 12 heteroatoms. The molecule has 2 aliphatic rings. The number of rotatable bonds is 7. The van der Waals surface area contributed by atoms with Crippen LogP contribution in [0.5, 0.6) is 5.75 Å². The van der Waals surface area contributed by atoms with Gasteiger partial charge in [-0.2, -0.15) is 0 Å². The van der Waals surface area contributed by atoms with Crippen LogP contribution in [0.1, 0.15) is 37.8 Å². The molecule has 182 valence electrons. The summed E-state index contributed by atoms with van der Waals surface area (Å²) in [5.41, 5.74) is -0.432. The van der Waals surface area contributed by atoms with Gasteiger partial charge < -0.3 is 15.0 Å². The van der Waals surface area contributed by atoms with Gasteiger partial charge in [0.2, 0.25) is 0 Å². The van der Waals surface area contributed by atoms with Crippen LogP contribution in [0.4, 0.5) is 23.8 Å². The first-order chi connectivity index (χ1) is 16.3. The zero-order valence-electron chi connectivity index (χ0n) is 18.1. The Bertz CT molecular complexity index is 1030. The number of nitrogens with one attached hydrogen (secondary N) is 1. The molecular formula is C22H23ClF3N5O3. The van der Waals surface area contributed by atoms with Crippen LogP contribution >= 0.6 is 11.6 Å². The van der Waals surface area contributed by atoms with E-state index in [1.54, 1.807) is 4.90 Å². The van der Waals surface area contributed by atoms with Crippen LogP contribution in [0.2, 0.25) is 5.02 Å². The topological polar surface area (TPSA) is 87.7 Å². The lowest BCUT2D eigenvalue weighted by Gasteiger charge is -2.34. The summed E-state index contributed by atoms with van der Waals surface area (Å²) in [5, 5.41) is 2.89. The van der Waals surface area contributed by atoms with E-state index in [1.807, 2.05) is 0 Å². The second-order valence-corrected chi connectivity index (χ2v) is 8.57. The van der Waals surface area contributed by atoms with Crippen LogP contribution in [0, 0.1) is 5.82 Å². The summed E-state index contributed by atoms with van der Waals surface area (Å²) in [6, 6.07) is 3.71. The summed E-state index contributed by atoms with van der Waals surface area (Å²) in [7, 11) is 0. The number of anilines is 1. The van der Waals surface area contributed by atoms with E-state index in [9.17, 15) is 22.8 Å². The number of urea groups is 1. The number of hydrogen-bond acceptors (Lipinski definition) is 5. The van der Waals surface area contributed by atoms with Crippen molar-refractivity contribution in [1.29, 1.82) is 0 Å². The summed E-state index contributed by atoms with van der Waals surface area (Å²) in [6.07, 6.45) is 2.27. The van der Waals surface area contributed by atoms with Crippen LogP contribution in [0.15, 0.2) is 30.6 Å². The van der Waals surface area contributed by atoms with Gasteiger partial charge in [0.25, 0.3) is 12.3 Å². The average molecular weight is 498 g/mol. The number of benzene rings is 1. The number of aromatic nitrogens is 2. The second kappa shape index (κ2) is 10.5. The SMILES string of the molecule is O=C(COc1ccc(Cl)c(F)c1)NC1CCC(N2CCN(c3cnc(C(F)F)cn3)C2=O)CC1. The number of alkyl halides is 2. The molecule has 2 fully saturated rings. The molecule has 8 nitrogen and oxygen atoms in total. The first-order valence-corrected chi connectivity index (χ1v) is 11.2. The van der Waals surface area contributed by atoms with Crippen molar-refractivity contribution in [3.8, 4) is 5.75 Å². The Morgan fingerprint density at radius 3 is 2.59 bits per heavy atom. The summed E-state index contributed by atoms with van der Waals surface area (Å²) in [6.45, 7) is 0.664. The second-order valence-electron chi connectivity index (χ2n) is 8.17. The van der Waals surface area contributed by atoms with Crippen LogP contribution in [0.3, 0.4) is 0 Å². The van der Waals surface area contributed by atoms with E-state index in [1.165, 1.54) is 23.2 Å². The standard InChI is InChI=1S/C22H23ClF3N5O3/c23-16-6-5-15(9-17(16)24)34-12-20(32)29-13-1-3-14(4-2-13)30-7-8-31(22(30)33)19-11-27-18(10-28-19)21(25)26/h5-6,9-11,13-14,21H,1-4,7-8,12H2,(H,29,32). The van der Waals surface area contributed by atoms with Crippen molar-refractivity contribution in [3.05, 3.63) is 47.1 Å². The molecule has 1 aliphatic carbocycles. The number of carbonyl (C=O) groups is 2. The Hall–Kier alpha value is -3.08. The highest BCUT2D eigenvalue weighted by Gasteiger charge is 2.37. The fourth-order valence-corrected chi connectivity index (χ4v) is 4.32. The van der Waals surface area contributed by atoms with Gasteiger partial charge in [0, 0.05) is 31.2 Å². The van der Waals surface area contributed by atoms with Gasteiger partial charge in [-0.15, -0.1) is 0 Å². The largest absolute Gasteiger partial charge is 0.484 e. The van der Waals surface area contributed by atoms with Crippen LogP contribution in [0.25, 0.3) is 0 Å². The van der Waals surface area contributed by atoms with E-state index in [0.717, 1.165) is 12.3 Å². The number of ether oxygens (including phenoxy) is 1. The van der Waals surface area contributed by atoms with Crippen LogP contribution in [-0.2, 0) is 4.79 Å². The van der Waals surface area contributed by atoms with E-state index in [-0.39, 0.29) is 47.2 Å². The average Bonchev–Trinajstić information content (AvgIpc) is 3.21. The van der Waals surface area contributed by atoms with E-state index in [0.29, 0.717) is 38.8 Å². The van der Waals surface area contributed by atoms with Crippen molar-refractivity contribution in [2.24, 2.45) is 0 Å². The molecule has 1 N–H and O–H groups in total. The predicted octanol–water partition coefficient (Wildman–Crippen LogP) is 3.96. The van der Waals surface area contributed by atoms with Crippen molar-refractivity contribution in [3.63, 3.8) is 0 Å². The number of halogens is 4. The van der Waals surface area contributed by atoms with E-state index in [2.05, 4.69) is 15.3 Å². The highest BCUT2D eigenvalue weighted by atomic mass is 35.5. The number of carbonyl (C=O) groups excluding carboxylic acids is 2. The van der Waals surface area contributed by atoms with Crippen molar-refractivity contribution in [2.75, 3.05) is 24.6 Å². The van der Waals surface area contributed by atoms with Gasteiger partial charge in [0.15, 0.2) is 12.4 Å². The van der Waals surface area contributed by atoms with Gasteiger partial charge in [-0.1, -0.05) is 11.6 Å². The third-order valence-corrected chi connectivity index (χ3v) is 6.27. The van der Waals surface area contributed by atoms with Gasteiger partial charge in [-0.05, 0) is 37.8 Å². The highest BCUT2D eigenvalue weighted by molar-refractivity contribution is 6.30. The van der Waals surface area contributed by atoms with Crippen molar-refractivity contribution in [2.45, 2.75) is 44.2 Å². The Kier molecular flexibility index (Phi) is 7.40. The molecule has 34 heavy (non-hydrogen) atoms. The van der Waals surface area contributed by atoms with Crippen molar-refractivity contribution >= 4 is 29.4 Å². The molecule has 0 radical (unpaired) electrons. The lowest BCUT2D eigenvalue weighted by atomic mass is 9.90. The van der Waals surface area contributed by atoms with Crippen molar-refractivity contribution < 1.29 is 27.5 Å². The van der Waals surface area contributed by atoms with Gasteiger partial charge in [0.1, 0.15) is 17.3 Å².